The Balaban J connectivity index is 1.14. The van der Waals surface area contributed by atoms with Crippen molar-refractivity contribution in [3.05, 3.63) is 231 Å². The Kier molecular flexibility index (Phi) is 7.95. The minimum Gasteiger partial charge on any atom is -0.453 e. The molecule has 66 heavy (non-hydrogen) atoms. The summed E-state index contributed by atoms with van der Waals surface area (Å²) in [5.74, 6) is 3.30. The predicted molar refractivity (Wildman–Crippen MR) is 274 cm³/mol. The minimum absolute atomic E-state index is 0.825. The zero-order valence-electron chi connectivity index (χ0n) is 35.7. The van der Waals surface area contributed by atoms with Crippen LogP contribution in [0.25, 0.3) is 76.1 Å². The fourth-order valence-electron chi connectivity index (χ4n) is 10.7. The van der Waals surface area contributed by atoms with Crippen LogP contribution >= 0.6 is 0 Å². The molecule has 4 nitrogen and oxygen atoms in total. The summed E-state index contributed by atoms with van der Waals surface area (Å²) in [4.78, 5) is 4.70. The van der Waals surface area contributed by atoms with Gasteiger partial charge < -0.3 is 19.3 Å². The van der Waals surface area contributed by atoms with E-state index in [4.69, 9.17) is 9.47 Å². The molecule has 2 aliphatic rings. The first-order valence-corrected chi connectivity index (χ1v) is 22.5. The van der Waals surface area contributed by atoms with Crippen molar-refractivity contribution in [1.29, 1.82) is 0 Å². The monoisotopic (exact) mass is 842 g/mol. The number of nitrogens with zero attached hydrogens (tertiary/aromatic N) is 2. The molecule has 12 aromatic rings. The Morgan fingerprint density at radius 2 is 0.697 bits per heavy atom. The minimum atomic E-state index is 0.825. The number of anilines is 6. The van der Waals surface area contributed by atoms with Gasteiger partial charge in [-0.15, -0.1) is 0 Å². The van der Waals surface area contributed by atoms with Crippen LogP contribution in [-0.2, 0) is 0 Å². The van der Waals surface area contributed by atoms with Gasteiger partial charge in [0.1, 0.15) is 0 Å². The lowest BCUT2D eigenvalue weighted by molar-refractivity contribution is 0.477. The number of benzene rings is 12. The molecular weight excluding hydrogens is 805 g/mol. The standard InChI is InChI=1S/C62H38N2O2/c1-2-16-40-35-42(30-29-39(40)15-1)61-48-33-31-44(64-55-23-9-13-27-59(55)66-60-28-14-10-24-56(60)64)38-52(48)62(50-36-41-17-3-4-18-45(41)46-19-5-6-20-47(46)50)49-34-32-43(37-51(49)61)63-53-21-7-11-25-57(53)65-58-26-12-8-22-54(58)63/h1-38H. The summed E-state index contributed by atoms with van der Waals surface area (Å²) in [5.41, 5.74) is 10.8. The van der Waals surface area contributed by atoms with Gasteiger partial charge in [-0.05, 0) is 161 Å². The highest BCUT2D eigenvalue weighted by Gasteiger charge is 2.29. The van der Waals surface area contributed by atoms with Gasteiger partial charge in [-0.2, -0.15) is 0 Å². The fraction of sp³-hybridized carbons (Fsp3) is 0. The third kappa shape index (κ3) is 5.52. The van der Waals surface area contributed by atoms with E-state index in [9.17, 15) is 0 Å². The lowest BCUT2D eigenvalue weighted by Crippen LogP contribution is -2.16. The molecule has 14 rings (SSSR count). The highest BCUT2D eigenvalue weighted by Crippen LogP contribution is 2.55. The lowest BCUT2D eigenvalue weighted by atomic mass is 9.83. The first kappa shape index (κ1) is 36.6. The Labute approximate surface area is 381 Å². The SMILES string of the molecule is c1ccc2c(c1)Oc1ccccc1N2c1ccc2c(-c3cc4ccccc4c4ccccc34)c3cc(N4c5ccccc5Oc5ccccc54)ccc3c(-c3ccc4ccccc4c3)c2c1. The van der Waals surface area contributed by atoms with Crippen LogP contribution in [0.5, 0.6) is 23.0 Å². The molecule has 12 aromatic carbocycles. The second kappa shape index (κ2) is 14.3. The van der Waals surface area contributed by atoms with E-state index in [2.05, 4.69) is 216 Å². The van der Waals surface area contributed by atoms with Gasteiger partial charge in [0.05, 0.1) is 22.7 Å². The molecule has 0 spiro atoms. The maximum atomic E-state index is 6.52. The highest BCUT2D eigenvalue weighted by atomic mass is 16.5. The van der Waals surface area contributed by atoms with Gasteiger partial charge >= 0.3 is 0 Å². The Morgan fingerprint density at radius 1 is 0.258 bits per heavy atom. The second-order valence-corrected chi connectivity index (χ2v) is 17.2. The number of hydrogen-bond acceptors (Lipinski definition) is 4. The van der Waals surface area contributed by atoms with Crippen molar-refractivity contribution in [1.82, 2.24) is 0 Å². The van der Waals surface area contributed by atoms with E-state index in [0.29, 0.717) is 0 Å². The lowest BCUT2D eigenvalue weighted by Gasteiger charge is -2.33. The number of hydrogen-bond donors (Lipinski definition) is 0. The number of rotatable bonds is 4. The number of para-hydroxylation sites is 8. The van der Waals surface area contributed by atoms with Crippen LogP contribution in [0, 0.1) is 0 Å². The van der Waals surface area contributed by atoms with Crippen LogP contribution in [0.15, 0.2) is 231 Å². The van der Waals surface area contributed by atoms with Crippen LogP contribution in [-0.4, -0.2) is 0 Å². The molecule has 0 bridgehead atoms. The predicted octanol–water partition coefficient (Wildman–Crippen LogP) is 17.9. The number of ether oxygens (including phenoxy) is 2. The van der Waals surface area contributed by atoms with Gasteiger partial charge in [-0.25, -0.2) is 0 Å². The second-order valence-electron chi connectivity index (χ2n) is 17.2. The van der Waals surface area contributed by atoms with Crippen LogP contribution in [0.1, 0.15) is 0 Å². The summed E-state index contributed by atoms with van der Waals surface area (Å²) >= 11 is 0. The summed E-state index contributed by atoms with van der Waals surface area (Å²) in [5, 5.41) is 12.0. The van der Waals surface area contributed by atoms with E-state index in [0.717, 1.165) is 62.7 Å². The summed E-state index contributed by atoms with van der Waals surface area (Å²) in [6.07, 6.45) is 0. The average molecular weight is 843 g/mol. The van der Waals surface area contributed by atoms with Gasteiger partial charge in [-0.3, -0.25) is 0 Å². The molecule has 0 N–H and O–H groups in total. The van der Waals surface area contributed by atoms with Gasteiger partial charge in [0.15, 0.2) is 23.0 Å². The van der Waals surface area contributed by atoms with Crippen LogP contribution in [0.2, 0.25) is 0 Å². The van der Waals surface area contributed by atoms with Gasteiger partial charge in [0.25, 0.3) is 0 Å². The maximum absolute atomic E-state index is 6.52. The van der Waals surface area contributed by atoms with Crippen molar-refractivity contribution in [3.63, 3.8) is 0 Å². The van der Waals surface area contributed by atoms with Crippen molar-refractivity contribution in [3.8, 4) is 45.3 Å². The van der Waals surface area contributed by atoms with Gasteiger partial charge in [-0.1, -0.05) is 146 Å². The molecule has 2 heterocycles. The molecule has 0 amide bonds. The Morgan fingerprint density at radius 3 is 1.27 bits per heavy atom. The van der Waals surface area contributed by atoms with E-state index >= 15 is 0 Å². The van der Waals surface area contributed by atoms with Crippen LogP contribution < -0.4 is 19.3 Å². The van der Waals surface area contributed by atoms with Gasteiger partial charge in [0.2, 0.25) is 0 Å². The first-order valence-electron chi connectivity index (χ1n) is 22.5. The normalized spacial score (nSPS) is 12.7. The maximum Gasteiger partial charge on any atom is 0.151 e. The smallest absolute Gasteiger partial charge is 0.151 e. The van der Waals surface area contributed by atoms with Crippen molar-refractivity contribution in [2.24, 2.45) is 0 Å². The fourth-order valence-corrected chi connectivity index (χ4v) is 10.7. The molecule has 0 fully saturated rings. The molecule has 4 heteroatoms. The Hall–Kier alpha value is -8.86. The summed E-state index contributed by atoms with van der Waals surface area (Å²) in [7, 11) is 0. The molecule has 0 saturated heterocycles. The van der Waals surface area contributed by atoms with E-state index in [1.54, 1.807) is 0 Å². The molecular formula is C62H38N2O2. The molecule has 0 aromatic heterocycles. The number of fused-ring (bicyclic) bond motifs is 10. The zero-order chi connectivity index (χ0) is 43.3. The summed E-state index contributed by atoms with van der Waals surface area (Å²) in [6.45, 7) is 0. The van der Waals surface area contributed by atoms with E-state index < -0.39 is 0 Å². The van der Waals surface area contributed by atoms with Crippen molar-refractivity contribution < 1.29 is 9.47 Å². The van der Waals surface area contributed by atoms with Crippen molar-refractivity contribution >= 4 is 88.0 Å². The molecule has 308 valence electrons. The third-order valence-corrected chi connectivity index (χ3v) is 13.5. The summed E-state index contributed by atoms with van der Waals surface area (Å²) in [6, 6.07) is 83.1. The highest BCUT2D eigenvalue weighted by molar-refractivity contribution is 6.27. The van der Waals surface area contributed by atoms with Crippen molar-refractivity contribution in [2.75, 3.05) is 9.80 Å². The quantitative estimate of drug-likeness (QED) is 0.130. The largest absolute Gasteiger partial charge is 0.453 e. The Bertz CT molecular complexity index is 3890. The van der Waals surface area contributed by atoms with Crippen LogP contribution in [0.4, 0.5) is 34.1 Å². The molecule has 0 atom stereocenters. The van der Waals surface area contributed by atoms with E-state index in [-0.39, 0.29) is 0 Å². The van der Waals surface area contributed by atoms with Crippen molar-refractivity contribution in [2.45, 2.75) is 0 Å². The molecule has 0 unspecified atom stereocenters. The molecule has 0 radical (unpaired) electrons. The third-order valence-electron chi connectivity index (χ3n) is 13.5. The van der Waals surface area contributed by atoms with E-state index in [1.807, 2.05) is 24.3 Å². The average Bonchev–Trinajstić information content (AvgIpc) is 3.38. The summed E-state index contributed by atoms with van der Waals surface area (Å²) < 4.78 is 13.0. The van der Waals surface area contributed by atoms with E-state index in [1.165, 1.54) is 70.6 Å². The van der Waals surface area contributed by atoms with Gasteiger partial charge in [0, 0.05) is 11.4 Å². The molecule has 2 aliphatic heterocycles. The molecule has 0 saturated carbocycles. The zero-order valence-corrected chi connectivity index (χ0v) is 35.7. The first-order chi connectivity index (χ1) is 32.7. The van der Waals surface area contributed by atoms with Crippen LogP contribution in [0.3, 0.4) is 0 Å². The molecule has 0 aliphatic carbocycles. The topological polar surface area (TPSA) is 24.9 Å².